The van der Waals surface area contributed by atoms with Crippen LogP contribution in [0.4, 0.5) is 4.39 Å². The highest BCUT2D eigenvalue weighted by atomic mass is 35.5. The van der Waals surface area contributed by atoms with E-state index in [0.717, 1.165) is 38.3 Å². The zero-order valence-electron chi connectivity index (χ0n) is 21.2. The number of hydrogen-bond donors (Lipinski definition) is 1. The Labute approximate surface area is 230 Å². The minimum absolute atomic E-state index is 0.0412. The molecule has 7 rings (SSSR count). The van der Waals surface area contributed by atoms with Crippen LogP contribution in [0.1, 0.15) is 5.56 Å². The maximum absolute atomic E-state index is 14.8. The number of ether oxygens (including phenoxy) is 1. The van der Waals surface area contributed by atoms with Crippen molar-refractivity contribution in [1.82, 2.24) is 34.5 Å². The van der Waals surface area contributed by atoms with Gasteiger partial charge in [-0.3, -0.25) is 9.78 Å². The molecule has 0 aliphatic heterocycles. The van der Waals surface area contributed by atoms with Crippen LogP contribution < -0.4 is 4.74 Å². The van der Waals surface area contributed by atoms with Crippen LogP contribution in [-0.2, 0) is 20.7 Å². The van der Waals surface area contributed by atoms with Gasteiger partial charge in [-0.05, 0) is 29.3 Å². The van der Waals surface area contributed by atoms with Gasteiger partial charge in [0.25, 0.3) is 0 Å². The number of nitrogens with zero attached hydrogens (tertiary/aromatic N) is 6. The predicted molar refractivity (Wildman–Crippen MR) is 153 cm³/mol. The van der Waals surface area contributed by atoms with Crippen LogP contribution in [-0.4, -0.2) is 40.8 Å². The van der Waals surface area contributed by atoms with Crippen LogP contribution in [0.2, 0.25) is 5.02 Å². The maximum Gasteiger partial charge on any atom is 0.229 e. The number of aryl methyl sites for hydroxylation is 2. The van der Waals surface area contributed by atoms with Gasteiger partial charge in [0.2, 0.25) is 5.88 Å². The Bertz CT molecular complexity index is 2070. The third kappa shape index (κ3) is 3.59. The van der Waals surface area contributed by atoms with Crippen molar-refractivity contribution in [2.75, 3.05) is 6.26 Å². The Morgan fingerprint density at radius 3 is 2.67 bits per heavy atom. The second-order valence-electron chi connectivity index (χ2n) is 9.26. The smallest absolute Gasteiger partial charge is 0.229 e. The lowest BCUT2D eigenvalue weighted by molar-refractivity contribution is 0.295. The van der Waals surface area contributed by atoms with E-state index in [9.17, 15) is 4.39 Å². The van der Waals surface area contributed by atoms with Crippen molar-refractivity contribution in [1.29, 1.82) is 0 Å². The van der Waals surface area contributed by atoms with E-state index in [2.05, 4.69) is 10.2 Å². The molecule has 0 unspecified atom stereocenters. The molecule has 0 radical (unpaired) electrons. The lowest BCUT2D eigenvalue weighted by atomic mass is 9.97. The Balaban J connectivity index is 1.56. The number of aromatic amines is 1. The summed E-state index contributed by atoms with van der Waals surface area (Å²) >= 11 is 8.04. The van der Waals surface area contributed by atoms with Crippen LogP contribution >= 0.6 is 23.4 Å². The Morgan fingerprint density at radius 1 is 1.05 bits per heavy atom. The lowest BCUT2D eigenvalue weighted by Crippen LogP contribution is -2.02. The summed E-state index contributed by atoms with van der Waals surface area (Å²) < 4.78 is 24.9. The summed E-state index contributed by atoms with van der Waals surface area (Å²) in [5, 5.41) is 15.8. The van der Waals surface area contributed by atoms with Gasteiger partial charge in [-0.25, -0.2) is 9.37 Å². The van der Waals surface area contributed by atoms with Crippen molar-refractivity contribution in [3.8, 4) is 17.1 Å². The normalized spacial score (nSPS) is 11.9. The average Bonchev–Trinajstić information content (AvgIpc) is 3.64. The fourth-order valence-corrected chi connectivity index (χ4v) is 5.87. The minimum Gasteiger partial charge on any atom is -0.472 e. The molecule has 0 aliphatic rings. The molecule has 0 saturated carbocycles. The van der Waals surface area contributed by atoms with E-state index >= 15 is 0 Å². The molecule has 11 heteroatoms. The highest BCUT2D eigenvalue weighted by molar-refractivity contribution is 7.98. The number of hydrogen-bond acceptors (Lipinski definition) is 6. The molecule has 0 saturated heterocycles. The fourth-order valence-electron chi connectivity index (χ4n) is 5.25. The summed E-state index contributed by atoms with van der Waals surface area (Å²) in [6.45, 7) is 0.357. The second kappa shape index (κ2) is 8.96. The molecule has 3 aromatic carbocycles. The van der Waals surface area contributed by atoms with Gasteiger partial charge in [0, 0.05) is 30.4 Å². The molecule has 7 aromatic rings. The molecule has 0 spiro atoms. The second-order valence-corrected chi connectivity index (χ2v) is 10.4. The fraction of sp³-hybridized carbons (Fsp3) is 0.143. The van der Waals surface area contributed by atoms with Crippen molar-refractivity contribution >= 4 is 67.1 Å². The van der Waals surface area contributed by atoms with Gasteiger partial charge in [0.15, 0.2) is 10.8 Å². The van der Waals surface area contributed by atoms with E-state index < -0.39 is 5.82 Å². The molecule has 0 atom stereocenters. The summed E-state index contributed by atoms with van der Waals surface area (Å²) in [5.74, 6) is -0.0200. The number of rotatable bonds is 5. The summed E-state index contributed by atoms with van der Waals surface area (Å²) in [5.41, 5.74) is 5.48. The molecule has 194 valence electrons. The minimum atomic E-state index is -0.496. The number of fused-ring (bicyclic) bond motifs is 5. The van der Waals surface area contributed by atoms with Crippen molar-refractivity contribution in [3.63, 3.8) is 0 Å². The van der Waals surface area contributed by atoms with Gasteiger partial charge < -0.3 is 9.30 Å². The molecule has 0 fully saturated rings. The van der Waals surface area contributed by atoms with Gasteiger partial charge in [-0.1, -0.05) is 59.8 Å². The SMILES string of the molecule is CSc1nc(OCc2ccccc2)c2c3c(c(-c4c5cn[nH]c5cc5ccc(F)c(Cl)c45)nn3C)n(C)c2n1. The molecule has 0 bridgehead atoms. The molecule has 4 aromatic heterocycles. The number of aromatic nitrogens is 7. The quantitative estimate of drug-likeness (QED) is 0.188. The van der Waals surface area contributed by atoms with Gasteiger partial charge in [0.1, 0.15) is 29.0 Å². The van der Waals surface area contributed by atoms with E-state index in [1.165, 1.54) is 17.8 Å². The predicted octanol–water partition coefficient (Wildman–Crippen LogP) is 6.64. The van der Waals surface area contributed by atoms with Gasteiger partial charge in [-0.15, -0.1) is 0 Å². The van der Waals surface area contributed by atoms with Gasteiger partial charge >= 0.3 is 0 Å². The lowest BCUT2D eigenvalue weighted by Gasteiger charge is -2.11. The molecule has 8 nitrogen and oxygen atoms in total. The summed E-state index contributed by atoms with van der Waals surface area (Å²) in [6, 6.07) is 14.9. The van der Waals surface area contributed by atoms with Crippen molar-refractivity contribution in [3.05, 3.63) is 71.1 Å². The third-order valence-electron chi connectivity index (χ3n) is 7.00. The first-order chi connectivity index (χ1) is 19.0. The maximum atomic E-state index is 14.8. The van der Waals surface area contributed by atoms with Gasteiger partial charge in [-0.2, -0.15) is 15.2 Å². The van der Waals surface area contributed by atoms with Crippen molar-refractivity contribution < 1.29 is 9.13 Å². The highest BCUT2D eigenvalue weighted by Gasteiger charge is 2.27. The number of thioether (sulfide) groups is 1. The topological polar surface area (TPSA) is 86.4 Å². The van der Waals surface area contributed by atoms with Crippen LogP contribution in [0.25, 0.3) is 55.0 Å². The summed E-state index contributed by atoms with van der Waals surface area (Å²) in [6.07, 6.45) is 3.65. The zero-order valence-corrected chi connectivity index (χ0v) is 22.7. The first-order valence-corrected chi connectivity index (χ1v) is 13.7. The Morgan fingerprint density at radius 2 is 1.87 bits per heavy atom. The number of halogens is 2. The molecule has 0 aliphatic carbocycles. The number of H-pyrrole nitrogens is 1. The largest absolute Gasteiger partial charge is 0.472 e. The molecule has 0 amide bonds. The van der Waals surface area contributed by atoms with Crippen molar-refractivity contribution in [2.24, 2.45) is 14.1 Å². The zero-order chi connectivity index (χ0) is 26.8. The van der Waals surface area contributed by atoms with E-state index in [0.29, 0.717) is 39.9 Å². The van der Waals surface area contributed by atoms with E-state index in [1.54, 1.807) is 16.9 Å². The van der Waals surface area contributed by atoms with E-state index in [4.69, 9.17) is 31.4 Å². The van der Waals surface area contributed by atoms with Crippen LogP contribution in [0.15, 0.2) is 59.9 Å². The molecule has 1 N–H and O–H groups in total. The molecule has 4 heterocycles. The summed E-state index contributed by atoms with van der Waals surface area (Å²) in [4.78, 5) is 9.56. The number of nitrogens with one attached hydrogen (secondary N) is 1. The molecular weight excluding hydrogens is 537 g/mol. The van der Waals surface area contributed by atoms with Crippen LogP contribution in [0.5, 0.6) is 5.88 Å². The first kappa shape index (κ1) is 23.9. The molecule has 39 heavy (non-hydrogen) atoms. The van der Waals surface area contributed by atoms with Crippen LogP contribution in [0, 0.1) is 5.82 Å². The monoisotopic (exact) mass is 557 g/mol. The number of benzene rings is 3. The Hall–Kier alpha value is -4.15. The third-order valence-corrected chi connectivity index (χ3v) is 7.92. The van der Waals surface area contributed by atoms with Crippen molar-refractivity contribution in [2.45, 2.75) is 11.8 Å². The highest BCUT2D eigenvalue weighted by Crippen LogP contribution is 2.44. The van der Waals surface area contributed by atoms with E-state index in [1.807, 2.05) is 61.3 Å². The average molecular weight is 558 g/mol. The molecular formula is C28H21ClFN7OS. The first-order valence-electron chi connectivity index (χ1n) is 12.1. The van der Waals surface area contributed by atoms with Gasteiger partial charge in [0.05, 0.1) is 22.3 Å². The Kier molecular flexibility index (Phi) is 5.50. The van der Waals surface area contributed by atoms with Crippen LogP contribution in [0.3, 0.4) is 0 Å². The van der Waals surface area contributed by atoms with E-state index in [-0.39, 0.29) is 5.02 Å². The standard InChI is InChI=1S/C28H21ClFN7OS/c1-36-25-23(20-16-12-31-34-18(16)11-15-9-10-17(30)22(29)19(15)20)35-37(2)24(25)21-26(36)32-28(39-3)33-27(21)38-13-14-7-5-4-6-8-14/h4-12H,13H2,1-3H3,(H,31,34). The summed E-state index contributed by atoms with van der Waals surface area (Å²) in [7, 11) is 3.81.